The Labute approximate surface area is 78.8 Å². The quantitative estimate of drug-likeness (QED) is 0.539. The van der Waals surface area contributed by atoms with Crippen molar-refractivity contribution in [1.82, 2.24) is 4.98 Å². The number of pyridine rings is 1. The average molecular weight is 263 g/mol. The second-order valence-corrected chi connectivity index (χ2v) is 3.25. The van der Waals surface area contributed by atoms with Gasteiger partial charge < -0.3 is 10.0 Å². The lowest BCUT2D eigenvalue weighted by Crippen LogP contribution is -2.33. The molecule has 1 rings (SSSR count). The number of rotatable bonds is 1. The van der Waals surface area contributed by atoms with Crippen LogP contribution in [-0.2, 0) is 0 Å². The van der Waals surface area contributed by atoms with Gasteiger partial charge in [-0.2, -0.15) is 0 Å². The van der Waals surface area contributed by atoms with E-state index in [0.29, 0.717) is 5.46 Å². The normalized spacial score (nSPS) is 9.82. The Morgan fingerprint density at radius 2 is 2.18 bits per heavy atom. The Morgan fingerprint density at radius 3 is 2.64 bits per heavy atom. The Kier molecular flexibility index (Phi) is 2.86. The molecule has 0 amide bonds. The highest BCUT2D eigenvalue weighted by atomic mass is 127. The first-order valence-corrected chi connectivity index (χ1v) is 4.18. The first kappa shape index (κ1) is 8.96. The molecule has 1 aromatic rings. The smallest absolute Gasteiger partial charge is 0.423 e. The molecule has 11 heavy (non-hydrogen) atoms. The monoisotopic (exact) mass is 263 g/mol. The lowest BCUT2D eigenvalue weighted by Gasteiger charge is -2.03. The average Bonchev–Trinajstić information content (AvgIpc) is 1.94. The number of aryl methyl sites for hydroxylation is 1. The van der Waals surface area contributed by atoms with E-state index in [1.807, 2.05) is 29.5 Å². The van der Waals surface area contributed by atoms with Crippen molar-refractivity contribution in [3.8, 4) is 0 Å². The summed E-state index contributed by atoms with van der Waals surface area (Å²) in [4.78, 5) is 3.99. The van der Waals surface area contributed by atoms with Gasteiger partial charge in [-0.25, -0.2) is 0 Å². The molecule has 3 nitrogen and oxygen atoms in total. The van der Waals surface area contributed by atoms with Crippen molar-refractivity contribution >= 4 is 35.2 Å². The molecule has 5 heteroatoms. The molecular formula is C6H7BINO2. The minimum atomic E-state index is -1.40. The van der Waals surface area contributed by atoms with E-state index < -0.39 is 7.12 Å². The SMILES string of the molecule is Cc1nccc(B(O)O)c1I. The lowest BCUT2D eigenvalue weighted by molar-refractivity contribution is 0.425. The van der Waals surface area contributed by atoms with Crippen LogP contribution in [0.25, 0.3) is 0 Å². The zero-order chi connectivity index (χ0) is 8.43. The van der Waals surface area contributed by atoms with Gasteiger partial charge in [-0.15, -0.1) is 0 Å². The lowest BCUT2D eigenvalue weighted by atomic mass is 9.81. The highest BCUT2D eigenvalue weighted by molar-refractivity contribution is 14.1. The maximum absolute atomic E-state index is 8.85. The Hall–Kier alpha value is -0.135. The molecule has 1 aromatic heterocycles. The molecule has 0 spiro atoms. The molecule has 0 aromatic carbocycles. The summed E-state index contributed by atoms with van der Waals surface area (Å²) >= 11 is 2.04. The molecule has 0 unspecified atom stereocenters. The summed E-state index contributed by atoms with van der Waals surface area (Å²) < 4.78 is 0.806. The van der Waals surface area contributed by atoms with Gasteiger partial charge in [0.15, 0.2) is 0 Å². The van der Waals surface area contributed by atoms with Crippen LogP contribution in [0.2, 0.25) is 0 Å². The van der Waals surface area contributed by atoms with Crippen molar-refractivity contribution in [3.63, 3.8) is 0 Å². The fraction of sp³-hybridized carbons (Fsp3) is 0.167. The number of halogens is 1. The molecule has 0 bridgehead atoms. The van der Waals surface area contributed by atoms with Crippen molar-refractivity contribution in [3.05, 3.63) is 21.5 Å². The van der Waals surface area contributed by atoms with E-state index in [0.717, 1.165) is 9.26 Å². The molecule has 0 saturated carbocycles. The molecule has 0 aliphatic carbocycles. The van der Waals surface area contributed by atoms with E-state index in [-0.39, 0.29) is 0 Å². The predicted octanol–water partition coefficient (Wildman–Crippen LogP) is -0.326. The van der Waals surface area contributed by atoms with Gasteiger partial charge in [-0.05, 0) is 41.0 Å². The fourth-order valence-corrected chi connectivity index (χ4v) is 1.37. The first-order chi connectivity index (χ1) is 5.13. The van der Waals surface area contributed by atoms with Gasteiger partial charge in [0.25, 0.3) is 0 Å². The fourth-order valence-electron chi connectivity index (χ4n) is 0.768. The summed E-state index contributed by atoms with van der Waals surface area (Å²) in [6, 6.07) is 1.60. The number of aromatic nitrogens is 1. The highest BCUT2D eigenvalue weighted by Gasteiger charge is 2.15. The minimum absolute atomic E-state index is 0.512. The maximum Gasteiger partial charge on any atom is 0.489 e. The standard InChI is InChI=1S/C6H7BINO2/c1-4-6(8)5(7(10)11)2-3-9-4/h2-3,10-11H,1H3. The Balaban J connectivity index is 3.17. The zero-order valence-corrected chi connectivity index (χ0v) is 8.11. The third-order valence-corrected chi connectivity index (χ3v) is 2.77. The summed E-state index contributed by atoms with van der Waals surface area (Å²) in [7, 11) is -1.40. The molecule has 1 heterocycles. The van der Waals surface area contributed by atoms with Crippen molar-refractivity contribution in [2.75, 3.05) is 0 Å². The minimum Gasteiger partial charge on any atom is -0.423 e. The molecule has 0 aliphatic rings. The molecule has 0 radical (unpaired) electrons. The molecule has 2 N–H and O–H groups in total. The van der Waals surface area contributed by atoms with Crippen molar-refractivity contribution in [2.24, 2.45) is 0 Å². The molecular weight excluding hydrogens is 256 g/mol. The van der Waals surface area contributed by atoms with Crippen LogP contribution in [0.15, 0.2) is 12.3 Å². The van der Waals surface area contributed by atoms with E-state index in [1.165, 1.54) is 0 Å². The van der Waals surface area contributed by atoms with Gasteiger partial charge >= 0.3 is 7.12 Å². The second kappa shape index (κ2) is 3.51. The van der Waals surface area contributed by atoms with Gasteiger partial charge in [0.05, 0.1) is 5.69 Å². The number of nitrogens with zero attached hydrogens (tertiary/aromatic N) is 1. The molecule has 58 valence electrons. The molecule has 0 atom stereocenters. The zero-order valence-electron chi connectivity index (χ0n) is 5.95. The van der Waals surface area contributed by atoms with Gasteiger partial charge in [0.2, 0.25) is 0 Å². The first-order valence-electron chi connectivity index (χ1n) is 3.10. The summed E-state index contributed by atoms with van der Waals surface area (Å²) in [6.45, 7) is 1.83. The Morgan fingerprint density at radius 1 is 1.55 bits per heavy atom. The Bertz CT molecular complexity index is 267. The molecule has 0 fully saturated rings. The van der Waals surface area contributed by atoms with Crippen LogP contribution in [0, 0.1) is 10.5 Å². The van der Waals surface area contributed by atoms with E-state index >= 15 is 0 Å². The van der Waals surface area contributed by atoms with Crippen molar-refractivity contribution < 1.29 is 10.0 Å². The maximum atomic E-state index is 8.85. The van der Waals surface area contributed by atoms with Crippen molar-refractivity contribution in [2.45, 2.75) is 6.92 Å². The van der Waals surface area contributed by atoms with Crippen LogP contribution in [0.4, 0.5) is 0 Å². The number of hydrogen-bond acceptors (Lipinski definition) is 3. The third-order valence-electron chi connectivity index (χ3n) is 1.37. The van der Waals surface area contributed by atoms with E-state index in [9.17, 15) is 0 Å². The number of hydrogen-bond donors (Lipinski definition) is 2. The summed E-state index contributed by atoms with van der Waals surface area (Å²) in [6.07, 6.45) is 1.56. The van der Waals surface area contributed by atoms with Crippen LogP contribution in [-0.4, -0.2) is 22.2 Å². The van der Waals surface area contributed by atoms with Crippen LogP contribution in [0.3, 0.4) is 0 Å². The van der Waals surface area contributed by atoms with E-state index in [1.54, 1.807) is 12.3 Å². The summed E-state index contributed by atoms with van der Waals surface area (Å²) in [5.41, 5.74) is 1.33. The van der Waals surface area contributed by atoms with Gasteiger partial charge in [0.1, 0.15) is 0 Å². The van der Waals surface area contributed by atoms with Crippen LogP contribution in [0.5, 0.6) is 0 Å². The van der Waals surface area contributed by atoms with E-state index in [4.69, 9.17) is 10.0 Å². The van der Waals surface area contributed by atoms with Gasteiger partial charge in [-0.1, -0.05) is 0 Å². The predicted molar refractivity (Wildman–Crippen MR) is 51.5 cm³/mol. The van der Waals surface area contributed by atoms with Gasteiger partial charge in [0, 0.05) is 9.77 Å². The van der Waals surface area contributed by atoms with Crippen LogP contribution >= 0.6 is 22.6 Å². The van der Waals surface area contributed by atoms with E-state index in [2.05, 4.69) is 4.98 Å². The topological polar surface area (TPSA) is 53.4 Å². The van der Waals surface area contributed by atoms with Crippen LogP contribution < -0.4 is 5.46 Å². The highest BCUT2D eigenvalue weighted by Crippen LogP contribution is 2.04. The largest absolute Gasteiger partial charge is 0.489 e. The second-order valence-electron chi connectivity index (χ2n) is 2.17. The third kappa shape index (κ3) is 1.91. The van der Waals surface area contributed by atoms with Crippen molar-refractivity contribution in [1.29, 1.82) is 0 Å². The van der Waals surface area contributed by atoms with Gasteiger partial charge in [-0.3, -0.25) is 4.98 Å². The molecule has 0 aliphatic heterocycles. The summed E-state index contributed by atoms with van der Waals surface area (Å²) in [5.74, 6) is 0. The molecule has 0 saturated heterocycles. The van der Waals surface area contributed by atoms with Crippen LogP contribution in [0.1, 0.15) is 5.69 Å². The summed E-state index contributed by atoms with van der Waals surface area (Å²) in [5, 5.41) is 17.7.